The van der Waals surface area contributed by atoms with Gasteiger partial charge in [-0.1, -0.05) is 30.3 Å². The van der Waals surface area contributed by atoms with Crippen LogP contribution < -0.4 is 4.74 Å². The first-order valence-corrected chi connectivity index (χ1v) is 8.39. The van der Waals surface area contributed by atoms with E-state index in [1.54, 1.807) is 13.2 Å². The molecule has 2 aromatic carbocycles. The second kappa shape index (κ2) is 7.44. The zero-order valence-electron chi connectivity index (χ0n) is 15.1. The van der Waals surface area contributed by atoms with E-state index in [4.69, 9.17) is 9.47 Å². The molecule has 1 atom stereocenters. The Hall–Kier alpha value is -3.08. The fourth-order valence-electron chi connectivity index (χ4n) is 3.14. The zero-order chi connectivity index (χ0) is 18.7. The Kier molecular flexibility index (Phi) is 5.07. The minimum atomic E-state index is -0.614. The predicted octanol–water partition coefficient (Wildman–Crippen LogP) is 4.05. The molecule has 1 saturated heterocycles. The normalized spacial score (nSPS) is 16.8. The number of hydrogen-bond donors (Lipinski definition) is 0. The highest BCUT2D eigenvalue weighted by molar-refractivity contribution is 6.02. The first-order valence-electron chi connectivity index (χ1n) is 8.39. The number of amides is 2. The number of cyclic esters (lactones) is 1. The Morgan fingerprint density at radius 2 is 1.85 bits per heavy atom. The van der Waals surface area contributed by atoms with E-state index in [2.05, 4.69) is 0 Å². The smallest absolute Gasteiger partial charge is 0.417 e. The van der Waals surface area contributed by atoms with Gasteiger partial charge in [0.05, 0.1) is 7.11 Å². The van der Waals surface area contributed by atoms with E-state index >= 15 is 0 Å². The number of rotatable bonds is 4. The number of imide groups is 1. The molecule has 3 rings (SSSR count). The van der Waals surface area contributed by atoms with E-state index in [0.717, 1.165) is 28.0 Å². The molecule has 0 aliphatic carbocycles. The minimum absolute atomic E-state index is 0.170. The third kappa shape index (κ3) is 3.47. The van der Waals surface area contributed by atoms with Gasteiger partial charge in [-0.25, -0.2) is 9.69 Å². The Morgan fingerprint density at radius 1 is 1.19 bits per heavy atom. The average molecular weight is 351 g/mol. The van der Waals surface area contributed by atoms with Crippen LogP contribution in [0.25, 0.3) is 6.08 Å². The highest BCUT2D eigenvalue weighted by Crippen LogP contribution is 2.28. The quantitative estimate of drug-likeness (QED) is 0.780. The molecular weight excluding hydrogens is 330 g/mol. The van der Waals surface area contributed by atoms with Crippen LogP contribution in [0.4, 0.5) is 4.79 Å². The van der Waals surface area contributed by atoms with E-state index in [1.807, 2.05) is 56.3 Å². The van der Waals surface area contributed by atoms with Crippen LogP contribution in [0.15, 0.2) is 48.5 Å². The van der Waals surface area contributed by atoms with Crippen LogP contribution in [0.3, 0.4) is 0 Å². The molecule has 1 aliphatic rings. The van der Waals surface area contributed by atoms with Crippen molar-refractivity contribution in [3.8, 4) is 5.75 Å². The van der Waals surface area contributed by atoms with Gasteiger partial charge in [0.1, 0.15) is 18.4 Å². The van der Waals surface area contributed by atoms with Gasteiger partial charge in [-0.3, -0.25) is 4.79 Å². The Balaban J connectivity index is 1.85. The monoisotopic (exact) mass is 351 g/mol. The number of carbonyl (C=O) groups is 2. The topological polar surface area (TPSA) is 55.8 Å². The molecular formula is C21H21NO4. The summed E-state index contributed by atoms with van der Waals surface area (Å²) in [6, 6.07) is 12.8. The van der Waals surface area contributed by atoms with Gasteiger partial charge < -0.3 is 9.47 Å². The predicted molar refractivity (Wildman–Crippen MR) is 98.9 cm³/mol. The lowest BCUT2D eigenvalue weighted by Gasteiger charge is -2.18. The fourth-order valence-corrected chi connectivity index (χ4v) is 3.14. The van der Waals surface area contributed by atoms with Crippen molar-refractivity contribution in [1.29, 1.82) is 0 Å². The molecule has 5 nitrogen and oxygen atoms in total. The molecule has 0 unspecified atom stereocenters. The maximum atomic E-state index is 12.7. The van der Waals surface area contributed by atoms with Crippen molar-refractivity contribution in [2.45, 2.75) is 19.9 Å². The van der Waals surface area contributed by atoms with Gasteiger partial charge in [-0.2, -0.15) is 0 Å². The van der Waals surface area contributed by atoms with Crippen molar-refractivity contribution in [3.63, 3.8) is 0 Å². The van der Waals surface area contributed by atoms with Crippen LogP contribution in [-0.4, -0.2) is 30.6 Å². The Morgan fingerprint density at radius 3 is 2.46 bits per heavy atom. The summed E-state index contributed by atoms with van der Waals surface area (Å²) in [7, 11) is 1.62. The standard InChI is InChI=1S/C21H21NO4/c1-14-11-17(25-3)12-15(2)18(14)9-10-20(23)22-19(13-26-21(22)24)16-7-5-4-6-8-16/h4-12,19H,13H2,1-3H3/b10-9+/t19-/m1/s1. The molecule has 0 spiro atoms. The van der Waals surface area contributed by atoms with Crippen LogP contribution in [0, 0.1) is 13.8 Å². The number of carbonyl (C=O) groups excluding carboxylic acids is 2. The first kappa shape index (κ1) is 17.7. The zero-order valence-corrected chi connectivity index (χ0v) is 15.1. The molecule has 1 heterocycles. The summed E-state index contributed by atoms with van der Waals surface area (Å²) in [5.74, 6) is 0.381. The van der Waals surface area contributed by atoms with Crippen molar-refractivity contribution in [1.82, 2.24) is 4.90 Å². The summed E-state index contributed by atoms with van der Waals surface area (Å²) in [5, 5.41) is 0. The third-order valence-corrected chi connectivity index (χ3v) is 4.49. The van der Waals surface area contributed by atoms with Gasteiger partial charge in [0.15, 0.2) is 0 Å². The summed E-state index contributed by atoms with van der Waals surface area (Å²) in [4.78, 5) is 25.9. The number of ether oxygens (including phenoxy) is 2. The number of hydrogen-bond acceptors (Lipinski definition) is 4. The lowest BCUT2D eigenvalue weighted by Crippen LogP contribution is -2.32. The Bertz CT molecular complexity index is 835. The molecule has 26 heavy (non-hydrogen) atoms. The molecule has 2 amide bonds. The van der Waals surface area contributed by atoms with Gasteiger partial charge >= 0.3 is 6.09 Å². The van der Waals surface area contributed by atoms with Crippen LogP contribution in [-0.2, 0) is 9.53 Å². The number of methoxy groups -OCH3 is 1. The van der Waals surface area contributed by atoms with E-state index in [0.29, 0.717) is 0 Å². The van der Waals surface area contributed by atoms with Gasteiger partial charge in [-0.05, 0) is 54.3 Å². The van der Waals surface area contributed by atoms with Crippen LogP contribution >= 0.6 is 0 Å². The van der Waals surface area contributed by atoms with Crippen molar-refractivity contribution in [3.05, 3.63) is 70.8 Å². The third-order valence-electron chi connectivity index (χ3n) is 4.49. The number of aryl methyl sites for hydroxylation is 2. The number of nitrogens with zero attached hydrogens (tertiary/aromatic N) is 1. The van der Waals surface area contributed by atoms with Crippen LogP contribution in [0.2, 0.25) is 0 Å². The fraction of sp³-hybridized carbons (Fsp3) is 0.238. The van der Waals surface area contributed by atoms with Crippen molar-refractivity contribution in [2.75, 3.05) is 13.7 Å². The van der Waals surface area contributed by atoms with E-state index in [1.165, 1.54) is 11.0 Å². The summed E-state index contributed by atoms with van der Waals surface area (Å²) < 4.78 is 10.4. The molecule has 0 aromatic heterocycles. The average Bonchev–Trinajstić information content (AvgIpc) is 3.03. The highest BCUT2D eigenvalue weighted by Gasteiger charge is 2.37. The summed E-state index contributed by atoms with van der Waals surface area (Å²) in [5.41, 5.74) is 3.80. The van der Waals surface area contributed by atoms with E-state index in [-0.39, 0.29) is 6.61 Å². The van der Waals surface area contributed by atoms with Gasteiger partial charge in [0.2, 0.25) is 0 Å². The molecule has 0 bridgehead atoms. The molecule has 5 heteroatoms. The minimum Gasteiger partial charge on any atom is -0.497 e. The van der Waals surface area contributed by atoms with Crippen molar-refractivity contribution < 1.29 is 19.1 Å². The lowest BCUT2D eigenvalue weighted by molar-refractivity contribution is -0.124. The van der Waals surface area contributed by atoms with Gasteiger partial charge in [0, 0.05) is 6.08 Å². The van der Waals surface area contributed by atoms with Crippen LogP contribution in [0.1, 0.15) is 28.3 Å². The molecule has 134 valence electrons. The highest BCUT2D eigenvalue weighted by atomic mass is 16.6. The molecule has 0 saturated carbocycles. The Labute approximate surface area is 152 Å². The van der Waals surface area contributed by atoms with Crippen LogP contribution in [0.5, 0.6) is 5.75 Å². The maximum Gasteiger partial charge on any atom is 0.417 e. The molecule has 1 aliphatic heterocycles. The molecule has 0 radical (unpaired) electrons. The lowest BCUT2D eigenvalue weighted by atomic mass is 10.0. The summed E-state index contributed by atoms with van der Waals surface area (Å²) >= 11 is 0. The SMILES string of the molecule is COc1cc(C)c(/C=C/C(=O)N2C(=O)OC[C@@H]2c2ccccc2)c(C)c1. The molecule has 0 N–H and O–H groups in total. The first-order chi connectivity index (χ1) is 12.5. The van der Waals surface area contributed by atoms with Gasteiger partial charge in [-0.15, -0.1) is 0 Å². The van der Waals surface area contributed by atoms with Crippen molar-refractivity contribution in [2.24, 2.45) is 0 Å². The summed E-state index contributed by atoms with van der Waals surface area (Å²) in [6.07, 6.45) is 2.54. The molecule has 1 fully saturated rings. The molecule has 2 aromatic rings. The second-order valence-electron chi connectivity index (χ2n) is 6.22. The second-order valence-corrected chi connectivity index (χ2v) is 6.22. The van der Waals surface area contributed by atoms with E-state index < -0.39 is 18.0 Å². The number of benzene rings is 2. The van der Waals surface area contributed by atoms with E-state index in [9.17, 15) is 9.59 Å². The van der Waals surface area contributed by atoms with Gasteiger partial charge in [0.25, 0.3) is 5.91 Å². The summed E-state index contributed by atoms with van der Waals surface area (Å²) in [6.45, 7) is 4.08. The largest absolute Gasteiger partial charge is 0.497 e. The maximum absolute atomic E-state index is 12.7. The van der Waals surface area contributed by atoms with Crippen molar-refractivity contribution >= 4 is 18.1 Å².